The second kappa shape index (κ2) is 9.00. The molecule has 0 saturated carbocycles. The fourth-order valence-electron chi connectivity index (χ4n) is 2.27. The Bertz CT molecular complexity index is 914. The molecule has 0 atom stereocenters. The summed E-state index contributed by atoms with van der Waals surface area (Å²) < 4.78 is 16.0. The topological polar surface area (TPSA) is 57.7 Å². The molecule has 0 saturated heterocycles. The molecule has 6 heteroatoms. The SMILES string of the molecule is COc1ccc(OC(=O)/C=C/c2ccc(OCc3csc(C)n3)cc2)cc1. The molecule has 0 radical (unpaired) electrons. The van der Waals surface area contributed by atoms with Gasteiger partial charge in [-0.15, -0.1) is 11.3 Å². The quantitative estimate of drug-likeness (QED) is 0.338. The van der Waals surface area contributed by atoms with Crippen molar-refractivity contribution in [1.29, 1.82) is 0 Å². The summed E-state index contributed by atoms with van der Waals surface area (Å²) in [4.78, 5) is 16.3. The van der Waals surface area contributed by atoms with E-state index in [0.29, 0.717) is 18.1 Å². The summed E-state index contributed by atoms with van der Waals surface area (Å²) in [6.07, 6.45) is 3.08. The minimum atomic E-state index is -0.445. The van der Waals surface area contributed by atoms with Crippen molar-refractivity contribution in [3.8, 4) is 17.2 Å². The van der Waals surface area contributed by atoms with Gasteiger partial charge in [-0.05, 0) is 55.0 Å². The highest BCUT2D eigenvalue weighted by atomic mass is 32.1. The van der Waals surface area contributed by atoms with Crippen molar-refractivity contribution < 1.29 is 19.0 Å². The summed E-state index contributed by atoms with van der Waals surface area (Å²) >= 11 is 1.60. The van der Waals surface area contributed by atoms with Crippen molar-refractivity contribution in [3.05, 3.63) is 76.3 Å². The van der Waals surface area contributed by atoms with Crippen LogP contribution in [0.3, 0.4) is 0 Å². The number of hydrogen-bond acceptors (Lipinski definition) is 6. The zero-order valence-electron chi connectivity index (χ0n) is 15.0. The molecule has 0 amide bonds. The maximum Gasteiger partial charge on any atom is 0.336 e. The minimum Gasteiger partial charge on any atom is -0.497 e. The van der Waals surface area contributed by atoms with E-state index in [1.165, 1.54) is 6.08 Å². The number of aromatic nitrogens is 1. The Morgan fingerprint density at radius 3 is 2.33 bits per heavy atom. The Kier molecular flexibility index (Phi) is 6.22. The Hall–Kier alpha value is -3.12. The van der Waals surface area contributed by atoms with Crippen LogP contribution in [0.4, 0.5) is 0 Å². The monoisotopic (exact) mass is 381 g/mol. The van der Waals surface area contributed by atoms with Gasteiger partial charge in [0.2, 0.25) is 0 Å². The maximum atomic E-state index is 11.9. The second-order valence-corrected chi connectivity index (χ2v) is 6.71. The van der Waals surface area contributed by atoms with Gasteiger partial charge in [0, 0.05) is 11.5 Å². The first-order valence-corrected chi connectivity index (χ1v) is 9.18. The molecule has 3 rings (SSSR count). The average Bonchev–Trinajstić information content (AvgIpc) is 3.11. The standard InChI is InChI=1S/C21H19NO4S/c1-15-22-17(14-27-15)13-25-19-6-3-16(4-7-19)5-12-21(23)26-20-10-8-18(24-2)9-11-20/h3-12,14H,13H2,1-2H3/b12-5+. The molecular weight excluding hydrogens is 362 g/mol. The van der Waals surface area contributed by atoms with Crippen LogP contribution in [-0.4, -0.2) is 18.1 Å². The van der Waals surface area contributed by atoms with Crippen molar-refractivity contribution in [2.75, 3.05) is 7.11 Å². The van der Waals surface area contributed by atoms with Crippen LogP contribution >= 0.6 is 11.3 Å². The number of methoxy groups -OCH3 is 1. The summed E-state index contributed by atoms with van der Waals surface area (Å²) in [7, 11) is 1.58. The third-order valence-electron chi connectivity index (χ3n) is 3.62. The predicted octanol–water partition coefficient (Wildman–Crippen LogP) is 4.66. The number of carbonyl (C=O) groups is 1. The van der Waals surface area contributed by atoms with E-state index in [1.807, 2.05) is 36.6 Å². The van der Waals surface area contributed by atoms with Gasteiger partial charge in [0.15, 0.2) is 0 Å². The molecule has 0 fully saturated rings. The Morgan fingerprint density at radius 2 is 1.70 bits per heavy atom. The van der Waals surface area contributed by atoms with Gasteiger partial charge in [-0.25, -0.2) is 9.78 Å². The molecule has 138 valence electrons. The number of rotatable bonds is 7. The minimum absolute atomic E-state index is 0.438. The van der Waals surface area contributed by atoms with Crippen molar-refractivity contribution in [2.45, 2.75) is 13.5 Å². The van der Waals surface area contributed by atoms with Crippen LogP contribution in [0.15, 0.2) is 60.0 Å². The van der Waals surface area contributed by atoms with Gasteiger partial charge < -0.3 is 14.2 Å². The van der Waals surface area contributed by atoms with E-state index in [1.54, 1.807) is 48.8 Å². The Morgan fingerprint density at radius 1 is 1.04 bits per heavy atom. The number of benzene rings is 2. The van der Waals surface area contributed by atoms with E-state index in [2.05, 4.69) is 4.98 Å². The molecule has 0 unspecified atom stereocenters. The molecule has 0 bridgehead atoms. The van der Waals surface area contributed by atoms with Crippen LogP contribution < -0.4 is 14.2 Å². The number of esters is 1. The number of thiazole rings is 1. The maximum absolute atomic E-state index is 11.9. The summed E-state index contributed by atoms with van der Waals surface area (Å²) in [5, 5.41) is 3.01. The molecular formula is C21H19NO4S. The zero-order chi connectivity index (χ0) is 19.1. The van der Waals surface area contributed by atoms with E-state index < -0.39 is 5.97 Å². The average molecular weight is 381 g/mol. The van der Waals surface area contributed by atoms with Crippen molar-refractivity contribution in [2.24, 2.45) is 0 Å². The molecule has 27 heavy (non-hydrogen) atoms. The summed E-state index contributed by atoms with van der Waals surface area (Å²) in [5.41, 5.74) is 1.79. The lowest BCUT2D eigenvalue weighted by Gasteiger charge is -2.04. The van der Waals surface area contributed by atoms with Gasteiger partial charge in [0.05, 0.1) is 17.8 Å². The van der Waals surface area contributed by atoms with Gasteiger partial charge in [0.1, 0.15) is 23.9 Å². The molecule has 3 aromatic rings. The first-order chi connectivity index (χ1) is 13.1. The van der Waals surface area contributed by atoms with Crippen molar-refractivity contribution in [3.63, 3.8) is 0 Å². The van der Waals surface area contributed by atoms with E-state index in [-0.39, 0.29) is 0 Å². The van der Waals surface area contributed by atoms with E-state index >= 15 is 0 Å². The second-order valence-electron chi connectivity index (χ2n) is 5.65. The normalized spacial score (nSPS) is 10.7. The lowest BCUT2D eigenvalue weighted by molar-refractivity contribution is -0.128. The highest BCUT2D eigenvalue weighted by Crippen LogP contribution is 2.18. The number of hydrogen-bond donors (Lipinski definition) is 0. The highest BCUT2D eigenvalue weighted by Gasteiger charge is 2.02. The van der Waals surface area contributed by atoms with Crippen LogP contribution in [0.2, 0.25) is 0 Å². The fraction of sp³-hybridized carbons (Fsp3) is 0.143. The van der Waals surface area contributed by atoms with Gasteiger partial charge in [-0.3, -0.25) is 0 Å². The van der Waals surface area contributed by atoms with E-state index in [9.17, 15) is 4.79 Å². The van der Waals surface area contributed by atoms with Gasteiger partial charge in [-0.1, -0.05) is 12.1 Å². The van der Waals surface area contributed by atoms with E-state index in [4.69, 9.17) is 14.2 Å². The molecule has 0 aliphatic carbocycles. The van der Waals surface area contributed by atoms with Gasteiger partial charge in [-0.2, -0.15) is 0 Å². The third kappa shape index (κ3) is 5.69. The Balaban J connectivity index is 1.51. The molecule has 2 aromatic carbocycles. The molecule has 5 nitrogen and oxygen atoms in total. The molecule has 0 aliphatic heterocycles. The number of aryl methyl sites for hydroxylation is 1. The largest absolute Gasteiger partial charge is 0.497 e. The van der Waals surface area contributed by atoms with E-state index in [0.717, 1.165) is 22.0 Å². The Labute approximate surface area is 161 Å². The summed E-state index contributed by atoms with van der Waals surface area (Å²) in [5.74, 6) is 1.47. The first-order valence-electron chi connectivity index (χ1n) is 8.30. The van der Waals surface area contributed by atoms with Crippen LogP contribution in [0.1, 0.15) is 16.3 Å². The lowest BCUT2D eigenvalue weighted by Crippen LogP contribution is -2.03. The molecule has 1 aromatic heterocycles. The summed E-state index contributed by atoms with van der Waals surface area (Å²) in [6, 6.07) is 14.3. The predicted molar refractivity (Wildman–Crippen MR) is 105 cm³/mol. The third-order valence-corrected chi connectivity index (χ3v) is 4.45. The molecule has 0 N–H and O–H groups in total. The van der Waals surface area contributed by atoms with Crippen LogP contribution in [-0.2, 0) is 11.4 Å². The van der Waals surface area contributed by atoms with Crippen LogP contribution in [0, 0.1) is 6.92 Å². The van der Waals surface area contributed by atoms with Gasteiger partial charge >= 0.3 is 5.97 Å². The summed E-state index contributed by atoms with van der Waals surface area (Å²) in [6.45, 7) is 2.41. The van der Waals surface area contributed by atoms with Crippen molar-refractivity contribution >= 4 is 23.4 Å². The smallest absolute Gasteiger partial charge is 0.336 e. The first kappa shape index (κ1) is 18.7. The van der Waals surface area contributed by atoms with Crippen LogP contribution in [0.25, 0.3) is 6.08 Å². The van der Waals surface area contributed by atoms with Crippen molar-refractivity contribution in [1.82, 2.24) is 4.98 Å². The number of carbonyl (C=O) groups excluding carboxylic acids is 1. The van der Waals surface area contributed by atoms with Crippen LogP contribution in [0.5, 0.6) is 17.2 Å². The number of nitrogens with zero attached hydrogens (tertiary/aromatic N) is 1. The van der Waals surface area contributed by atoms with Gasteiger partial charge in [0.25, 0.3) is 0 Å². The number of ether oxygens (including phenoxy) is 3. The molecule has 1 heterocycles. The molecule has 0 aliphatic rings. The highest BCUT2D eigenvalue weighted by molar-refractivity contribution is 7.09. The zero-order valence-corrected chi connectivity index (χ0v) is 15.9. The fourth-order valence-corrected chi connectivity index (χ4v) is 2.86. The molecule has 0 spiro atoms. The lowest BCUT2D eigenvalue weighted by atomic mass is 10.2.